The van der Waals surface area contributed by atoms with E-state index in [4.69, 9.17) is 4.74 Å². The summed E-state index contributed by atoms with van der Waals surface area (Å²) in [6.45, 7) is 4.47. The van der Waals surface area contributed by atoms with E-state index < -0.39 is 0 Å². The molecule has 0 aromatic heterocycles. The molecule has 0 N–H and O–H groups in total. The smallest absolute Gasteiger partial charge is 0.340 e. The molecule has 1 aromatic carbocycles. The molecule has 0 aliphatic carbocycles. The quantitative estimate of drug-likeness (QED) is 0.412. The third kappa shape index (κ3) is 4.70. The molecule has 18 heavy (non-hydrogen) atoms. The summed E-state index contributed by atoms with van der Waals surface area (Å²) in [4.78, 5) is 16.0. The van der Waals surface area contributed by atoms with Gasteiger partial charge in [0.2, 0.25) is 0 Å². The number of aliphatic imine (C=N–C) groups is 1. The lowest BCUT2D eigenvalue weighted by Crippen LogP contribution is -2.06. The zero-order valence-corrected chi connectivity index (χ0v) is 11.2. The number of hydrogen-bond acceptors (Lipinski definition) is 3. The summed E-state index contributed by atoms with van der Waals surface area (Å²) in [5.74, 6) is -0.285. The minimum absolute atomic E-state index is 0.285. The van der Waals surface area contributed by atoms with Gasteiger partial charge < -0.3 is 4.74 Å². The first kappa shape index (κ1) is 14.4. The Morgan fingerprint density at radius 3 is 2.78 bits per heavy atom. The molecule has 0 amide bonds. The molecule has 0 atom stereocenters. The molecule has 3 nitrogen and oxygen atoms in total. The summed E-state index contributed by atoms with van der Waals surface area (Å²) in [7, 11) is 0. The van der Waals surface area contributed by atoms with E-state index in [-0.39, 0.29) is 5.97 Å². The molecule has 0 radical (unpaired) electrons. The lowest BCUT2D eigenvalue weighted by atomic mass is 10.2. The third-order valence-electron chi connectivity index (χ3n) is 2.62. The molecule has 0 fully saturated rings. The van der Waals surface area contributed by atoms with Gasteiger partial charge in [-0.05, 0) is 25.5 Å². The van der Waals surface area contributed by atoms with Gasteiger partial charge in [0.15, 0.2) is 0 Å². The molecular formula is C15H21NO2. The molecule has 0 saturated carbocycles. The van der Waals surface area contributed by atoms with Crippen LogP contribution >= 0.6 is 0 Å². The van der Waals surface area contributed by atoms with Crippen LogP contribution in [0.4, 0.5) is 5.69 Å². The molecule has 1 aromatic rings. The Labute approximate surface area is 109 Å². The number of para-hydroxylation sites is 1. The highest BCUT2D eigenvalue weighted by Crippen LogP contribution is 2.19. The highest BCUT2D eigenvalue weighted by atomic mass is 16.5. The van der Waals surface area contributed by atoms with Crippen LogP contribution in [0.1, 0.15) is 49.9 Å². The van der Waals surface area contributed by atoms with Crippen LogP contribution < -0.4 is 0 Å². The standard InChI is InChI=1S/C15H21NO2/c1-3-5-6-9-12-18-15(17)13-10-7-8-11-14(13)16-4-2/h4,7-8,10-11H,3,5-6,9,12H2,1-2H3/b16-4-. The van der Waals surface area contributed by atoms with E-state index in [1.165, 1.54) is 12.8 Å². The van der Waals surface area contributed by atoms with Crippen LogP contribution in [0.25, 0.3) is 0 Å². The minimum Gasteiger partial charge on any atom is -0.462 e. The van der Waals surface area contributed by atoms with Crippen molar-refractivity contribution in [3.8, 4) is 0 Å². The Morgan fingerprint density at radius 1 is 1.28 bits per heavy atom. The summed E-state index contributed by atoms with van der Waals surface area (Å²) >= 11 is 0. The number of benzene rings is 1. The fourth-order valence-corrected chi connectivity index (χ4v) is 1.67. The molecule has 0 bridgehead atoms. The fraction of sp³-hybridized carbons (Fsp3) is 0.467. The van der Waals surface area contributed by atoms with E-state index in [1.807, 2.05) is 25.1 Å². The maximum Gasteiger partial charge on any atom is 0.340 e. The summed E-state index contributed by atoms with van der Waals surface area (Å²) in [6.07, 6.45) is 6.08. The van der Waals surface area contributed by atoms with Gasteiger partial charge in [-0.25, -0.2) is 4.79 Å². The van der Waals surface area contributed by atoms with Crippen molar-refractivity contribution in [1.29, 1.82) is 0 Å². The molecule has 0 aliphatic heterocycles. The van der Waals surface area contributed by atoms with Crippen molar-refractivity contribution < 1.29 is 9.53 Å². The monoisotopic (exact) mass is 247 g/mol. The zero-order valence-electron chi connectivity index (χ0n) is 11.2. The van der Waals surface area contributed by atoms with Crippen LogP contribution in [0, 0.1) is 0 Å². The van der Waals surface area contributed by atoms with Crippen molar-refractivity contribution in [2.24, 2.45) is 4.99 Å². The van der Waals surface area contributed by atoms with Gasteiger partial charge in [0.1, 0.15) is 0 Å². The average molecular weight is 247 g/mol. The van der Waals surface area contributed by atoms with Crippen molar-refractivity contribution in [1.82, 2.24) is 0 Å². The second-order valence-corrected chi connectivity index (χ2v) is 4.10. The fourth-order valence-electron chi connectivity index (χ4n) is 1.67. The number of rotatable bonds is 7. The van der Waals surface area contributed by atoms with Gasteiger partial charge in [-0.2, -0.15) is 0 Å². The van der Waals surface area contributed by atoms with Crippen LogP contribution in [-0.2, 0) is 4.74 Å². The maximum atomic E-state index is 11.9. The first-order valence-electron chi connectivity index (χ1n) is 6.54. The Hall–Kier alpha value is -1.64. The first-order valence-corrected chi connectivity index (χ1v) is 6.54. The van der Waals surface area contributed by atoms with Crippen molar-refractivity contribution in [3.63, 3.8) is 0 Å². The Kier molecular flexibility index (Phi) is 6.77. The second-order valence-electron chi connectivity index (χ2n) is 4.10. The van der Waals surface area contributed by atoms with Crippen molar-refractivity contribution in [2.45, 2.75) is 39.5 Å². The van der Waals surface area contributed by atoms with Gasteiger partial charge >= 0.3 is 5.97 Å². The van der Waals surface area contributed by atoms with Gasteiger partial charge in [-0.15, -0.1) is 0 Å². The van der Waals surface area contributed by atoms with Gasteiger partial charge in [-0.3, -0.25) is 4.99 Å². The highest BCUT2D eigenvalue weighted by molar-refractivity contribution is 5.95. The van der Waals surface area contributed by atoms with Crippen LogP contribution in [-0.4, -0.2) is 18.8 Å². The molecule has 0 spiro atoms. The van der Waals surface area contributed by atoms with E-state index in [2.05, 4.69) is 11.9 Å². The molecule has 0 heterocycles. The largest absolute Gasteiger partial charge is 0.462 e. The number of carbonyl (C=O) groups excluding carboxylic acids is 1. The number of hydrogen-bond donors (Lipinski definition) is 0. The molecule has 3 heteroatoms. The lowest BCUT2D eigenvalue weighted by Gasteiger charge is -2.06. The third-order valence-corrected chi connectivity index (χ3v) is 2.62. The highest BCUT2D eigenvalue weighted by Gasteiger charge is 2.10. The number of esters is 1. The average Bonchev–Trinajstić information content (AvgIpc) is 2.39. The minimum atomic E-state index is -0.285. The number of nitrogens with zero attached hydrogens (tertiary/aromatic N) is 1. The van der Waals surface area contributed by atoms with Gasteiger partial charge in [0.25, 0.3) is 0 Å². The van der Waals surface area contributed by atoms with Crippen LogP contribution in [0.3, 0.4) is 0 Å². The van der Waals surface area contributed by atoms with Crippen LogP contribution in [0.15, 0.2) is 29.3 Å². The van der Waals surface area contributed by atoms with Gasteiger partial charge in [0.05, 0.1) is 17.9 Å². The number of carbonyl (C=O) groups is 1. The Bertz CT molecular complexity index is 399. The summed E-state index contributed by atoms with van der Waals surface area (Å²) in [5, 5.41) is 0. The summed E-state index contributed by atoms with van der Waals surface area (Å²) in [6, 6.07) is 7.24. The van der Waals surface area contributed by atoms with Crippen LogP contribution in [0.2, 0.25) is 0 Å². The topological polar surface area (TPSA) is 38.7 Å². The number of unbranched alkanes of at least 4 members (excludes halogenated alkanes) is 3. The van der Waals surface area contributed by atoms with Gasteiger partial charge in [-0.1, -0.05) is 38.3 Å². The van der Waals surface area contributed by atoms with Crippen molar-refractivity contribution in [2.75, 3.05) is 6.61 Å². The first-order chi connectivity index (χ1) is 8.79. The molecule has 0 unspecified atom stereocenters. The Morgan fingerprint density at radius 2 is 2.06 bits per heavy atom. The summed E-state index contributed by atoms with van der Waals surface area (Å²) < 4.78 is 5.25. The SMILES string of the molecule is C/C=N\c1ccccc1C(=O)OCCCCCC. The lowest BCUT2D eigenvalue weighted by molar-refractivity contribution is 0.0499. The van der Waals surface area contributed by atoms with E-state index in [0.29, 0.717) is 17.9 Å². The Balaban J connectivity index is 2.51. The maximum absolute atomic E-state index is 11.9. The summed E-state index contributed by atoms with van der Waals surface area (Å²) in [5.41, 5.74) is 1.20. The molecular weight excluding hydrogens is 226 g/mol. The van der Waals surface area contributed by atoms with E-state index in [9.17, 15) is 4.79 Å². The predicted molar refractivity (Wildman–Crippen MR) is 74.7 cm³/mol. The molecule has 98 valence electrons. The molecule has 0 saturated heterocycles. The van der Waals surface area contributed by atoms with Crippen LogP contribution in [0.5, 0.6) is 0 Å². The van der Waals surface area contributed by atoms with E-state index in [1.54, 1.807) is 12.3 Å². The second kappa shape index (κ2) is 8.45. The van der Waals surface area contributed by atoms with Crippen molar-refractivity contribution >= 4 is 17.9 Å². The molecule has 1 rings (SSSR count). The number of ether oxygens (including phenoxy) is 1. The van der Waals surface area contributed by atoms with E-state index >= 15 is 0 Å². The predicted octanol–water partition coefficient (Wildman–Crippen LogP) is 4.15. The van der Waals surface area contributed by atoms with E-state index in [0.717, 1.165) is 12.8 Å². The van der Waals surface area contributed by atoms with Gasteiger partial charge in [0, 0.05) is 6.21 Å². The normalized spacial score (nSPS) is 10.8. The van der Waals surface area contributed by atoms with Crippen molar-refractivity contribution in [3.05, 3.63) is 29.8 Å². The zero-order chi connectivity index (χ0) is 13.2. The molecule has 0 aliphatic rings.